The van der Waals surface area contributed by atoms with Crippen LogP contribution in [-0.4, -0.2) is 29.2 Å². The number of nitrogens with zero attached hydrogens (tertiary/aromatic N) is 2. The Morgan fingerprint density at radius 2 is 2.37 bits per heavy atom. The van der Waals surface area contributed by atoms with E-state index >= 15 is 0 Å². The molecule has 1 aromatic carbocycles. The van der Waals surface area contributed by atoms with Crippen LogP contribution in [0.4, 0.5) is 16.2 Å². The fourth-order valence-electron chi connectivity index (χ4n) is 1.58. The molecule has 0 spiro atoms. The van der Waals surface area contributed by atoms with E-state index in [9.17, 15) is 14.9 Å². The second-order valence-corrected chi connectivity index (χ2v) is 4.40. The molecular weight excluding hydrogens is 272 g/mol. The zero-order valence-corrected chi connectivity index (χ0v) is 10.5. The molecule has 9 heteroatoms. The van der Waals surface area contributed by atoms with Gasteiger partial charge in [0, 0.05) is 6.54 Å². The molecule has 0 aliphatic heterocycles. The Hall–Kier alpha value is -2.42. The van der Waals surface area contributed by atoms with Crippen LogP contribution in [0.1, 0.15) is 0 Å². The quantitative estimate of drug-likeness (QED) is 0.489. The Labute approximate surface area is 111 Å². The molecule has 3 N–H and O–H groups in total. The molecule has 1 amide bonds. The van der Waals surface area contributed by atoms with Gasteiger partial charge < -0.3 is 15.8 Å². The molecular formula is C10H10N4O4S. The highest BCUT2D eigenvalue weighted by molar-refractivity contribution is 7.16. The highest BCUT2D eigenvalue weighted by atomic mass is 32.1. The molecule has 0 atom stereocenters. The molecule has 0 saturated carbocycles. The average Bonchev–Trinajstić information content (AvgIpc) is 2.81. The average molecular weight is 282 g/mol. The van der Waals surface area contributed by atoms with Gasteiger partial charge in [0.05, 0.1) is 15.1 Å². The van der Waals surface area contributed by atoms with E-state index in [2.05, 4.69) is 15.0 Å². The van der Waals surface area contributed by atoms with E-state index in [4.69, 9.17) is 5.73 Å². The molecule has 8 nitrogen and oxygen atoms in total. The summed E-state index contributed by atoms with van der Waals surface area (Å²) in [6.45, 7) is 0.251. The number of nitro groups is 1. The van der Waals surface area contributed by atoms with Gasteiger partial charge in [0.15, 0.2) is 5.52 Å². The van der Waals surface area contributed by atoms with E-state index in [1.54, 1.807) is 17.6 Å². The summed E-state index contributed by atoms with van der Waals surface area (Å²) in [5, 5.41) is 13.9. The van der Waals surface area contributed by atoms with Gasteiger partial charge in [0.25, 0.3) is 0 Å². The summed E-state index contributed by atoms with van der Waals surface area (Å²) in [6.07, 6.45) is -0.883. The van der Waals surface area contributed by atoms with Crippen LogP contribution in [-0.2, 0) is 4.74 Å². The van der Waals surface area contributed by atoms with Crippen LogP contribution in [0.15, 0.2) is 17.6 Å². The lowest BCUT2D eigenvalue weighted by Crippen LogP contribution is -2.18. The minimum atomic E-state index is -0.883. The third-order valence-corrected chi connectivity index (χ3v) is 3.11. The molecule has 19 heavy (non-hydrogen) atoms. The first kappa shape index (κ1) is 13.0. The van der Waals surface area contributed by atoms with Gasteiger partial charge in [-0.25, -0.2) is 9.78 Å². The first-order valence-electron chi connectivity index (χ1n) is 5.26. The third kappa shape index (κ3) is 2.88. The number of primary amides is 1. The first-order valence-corrected chi connectivity index (χ1v) is 6.14. The van der Waals surface area contributed by atoms with Crippen molar-refractivity contribution in [2.75, 3.05) is 18.5 Å². The molecule has 0 fully saturated rings. The lowest BCUT2D eigenvalue weighted by atomic mass is 10.2. The normalized spacial score (nSPS) is 10.3. The Balaban J connectivity index is 2.19. The molecule has 0 aliphatic carbocycles. The minimum Gasteiger partial charge on any atom is -0.448 e. The van der Waals surface area contributed by atoms with Crippen molar-refractivity contribution in [1.29, 1.82) is 0 Å². The lowest BCUT2D eigenvalue weighted by molar-refractivity contribution is -0.382. The number of thiazole rings is 1. The first-order chi connectivity index (χ1) is 9.09. The zero-order chi connectivity index (χ0) is 13.8. The van der Waals surface area contributed by atoms with Crippen molar-refractivity contribution in [2.45, 2.75) is 0 Å². The number of carbonyl (C=O) groups is 1. The van der Waals surface area contributed by atoms with Gasteiger partial charge in [0.1, 0.15) is 12.3 Å². The van der Waals surface area contributed by atoms with Crippen molar-refractivity contribution in [3.63, 3.8) is 0 Å². The molecule has 2 rings (SSSR count). The summed E-state index contributed by atoms with van der Waals surface area (Å²) in [4.78, 5) is 25.0. The summed E-state index contributed by atoms with van der Waals surface area (Å²) in [5.41, 5.74) is 6.95. The van der Waals surface area contributed by atoms with Gasteiger partial charge in [-0.05, 0) is 12.1 Å². The summed E-state index contributed by atoms with van der Waals surface area (Å²) in [5.74, 6) is 0. The second-order valence-electron chi connectivity index (χ2n) is 3.51. The highest BCUT2D eigenvalue weighted by Gasteiger charge is 2.20. The summed E-state index contributed by atoms with van der Waals surface area (Å²) < 4.78 is 5.27. The van der Waals surface area contributed by atoms with Crippen LogP contribution in [0.5, 0.6) is 0 Å². The topological polar surface area (TPSA) is 120 Å². The Bertz CT molecular complexity index is 627. The van der Waals surface area contributed by atoms with E-state index in [-0.39, 0.29) is 18.8 Å². The van der Waals surface area contributed by atoms with Gasteiger partial charge in [-0.2, -0.15) is 0 Å². The SMILES string of the molecule is NC(=O)OCCNc1ccc2scnc2c1[N+](=O)[O-]. The number of nitrogens with two attached hydrogens (primary N) is 1. The van der Waals surface area contributed by atoms with Crippen molar-refractivity contribution in [2.24, 2.45) is 5.73 Å². The summed E-state index contributed by atoms with van der Waals surface area (Å²) in [7, 11) is 0. The largest absolute Gasteiger partial charge is 0.448 e. The van der Waals surface area contributed by atoms with Crippen molar-refractivity contribution >= 4 is 39.0 Å². The maximum absolute atomic E-state index is 11.1. The van der Waals surface area contributed by atoms with E-state index in [0.29, 0.717) is 11.2 Å². The van der Waals surface area contributed by atoms with Gasteiger partial charge >= 0.3 is 11.8 Å². The van der Waals surface area contributed by atoms with Crippen LogP contribution in [0.3, 0.4) is 0 Å². The Kier molecular flexibility index (Phi) is 3.76. The molecule has 0 saturated heterocycles. The molecule has 0 aliphatic rings. The predicted octanol–water partition coefficient (Wildman–Crippen LogP) is 1.71. The number of fused-ring (bicyclic) bond motifs is 1. The number of nitro benzene ring substituents is 1. The van der Waals surface area contributed by atoms with Crippen LogP contribution < -0.4 is 11.1 Å². The maximum atomic E-state index is 11.1. The molecule has 1 heterocycles. The number of hydrogen-bond acceptors (Lipinski definition) is 7. The van der Waals surface area contributed by atoms with Gasteiger partial charge in [-0.3, -0.25) is 10.1 Å². The summed E-state index contributed by atoms with van der Waals surface area (Å²) >= 11 is 1.33. The van der Waals surface area contributed by atoms with Crippen molar-refractivity contribution in [1.82, 2.24) is 4.98 Å². The number of ether oxygens (including phenoxy) is 1. The van der Waals surface area contributed by atoms with Gasteiger partial charge in [0.2, 0.25) is 0 Å². The smallest absolute Gasteiger partial charge is 0.404 e. The minimum absolute atomic E-state index is 0.0294. The highest BCUT2D eigenvalue weighted by Crippen LogP contribution is 2.34. The molecule has 2 aromatic rings. The van der Waals surface area contributed by atoms with Gasteiger partial charge in [-0.15, -0.1) is 11.3 Å². The fourth-order valence-corrected chi connectivity index (χ4v) is 2.26. The molecule has 0 radical (unpaired) electrons. The number of carbonyl (C=O) groups excluding carboxylic acids is 1. The molecule has 1 aromatic heterocycles. The number of nitrogens with one attached hydrogen (secondary N) is 1. The van der Waals surface area contributed by atoms with Crippen molar-refractivity contribution in [3.05, 3.63) is 27.8 Å². The van der Waals surface area contributed by atoms with E-state index in [1.165, 1.54) is 11.3 Å². The number of benzene rings is 1. The molecule has 100 valence electrons. The second kappa shape index (κ2) is 5.48. The number of aromatic nitrogens is 1. The number of rotatable bonds is 5. The van der Waals surface area contributed by atoms with Crippen LogP contribution in [0, 0.1) is 10.1 Å². The van der Waals surface area contributed by atoms with Crippen LogP contribution in [0.2, 0.25) is 0 Å². The van der Waals surface area contributed by atoms with Gasteiger partial charge in [-0.1, -0.05) is 0 Å². The van der Waals surface area contributed by atoms with E-state index < -0.39 is 11.0 Å². The Morgan fingerprint density at radius 1 is 1.58 bits per heavy atom. The van der Waals surface area contributed by atoms with E-state index in [1.807, 2.05) is 0 Å². The fraction of sp³-hybridized carbons (Fsp3) is 0.200. The van der Waals surface area contributed by atoms with E-state index in [0.717, 1.165) is 4.70 Å². The number of hydrogen-bond donors (Lipinski definition) is 2. The standard InChI is InChI=1S/C10H10N4O4S/c11-10(15)18-4-3-12-6-1-2-7-8(13-5-19-7)9(6)14(16)17/h1-2,5,12H,3-4H2,(H2,11,15). The Morgan fingerprint density at radius 3 is 3.05 bits per heavy atom. The number of amides is 1. The molecule has 0 unspecified atom stereocenters. The monoisotopic (exact) mass is 282 g/mol. The van der Waals surface area contributed by atoms with Crippen LogP contribution >= 0.6 is 11.3 Å². The zero-order valence-electron chi connectivity index (χ0n) is 9.66. The summed E-state index contributed by atoms with van der Waals surface area (Å²) in [6, 6.07) is 3.35. The number of anilines is 1. The maximum Gasteiger partial charge on any atom is 0.404 e. The lowest BCUT2D eigenvalue weighted by Gasteiger charge is -2.07. The predicted molar refractivity (Wildman–Crippen MR) is 70.3 cm³/mol. The van der Waals surface area contributed by atoms with Crippen molar-refractivity contribution in [3.8, 4) is 0 Å². The van der Waals surface area contributed by atoms with Crippen molar-refractivity contribution < 1.29 is 14.5 Å². The third-order valence-electron chi connectivity index (χ3n) is 2.32. The molecule has 0 bridgehead atoms. The van der Waals surface area contributed by atoms with Crippen LogP contribution in [0.25, 0.3) is 10.2 Å².